The quantitative estimate of drug-likeness (QED) is 0.701. The highest BCUT2D eigenvalue weighted by molar-refractivity contribution is 8.00. The summed E-state index contributed by atoms with van der Waals surface area (Å²) in [5.74, 6) is -0.804. The zero-order valence-electron chi connectivity index (χ0n) is 13.0. The normalized spacial score (nSPS) is 10.2. The number of thioether (sulfide) groups is 1. The average molecular weight is 348 g/mol. The number of anilines is 2. The number of amides is 2. The molecular weight excluding hydrogens is 331 g/mol. The molecule has 2 amide bonds. The third-order valence-electron chi connectivity index (χ3n) is 3.02. The maximum Gasteiger partial charge on any atom is 0.234 e. The highest BCUT2D eigenvalue weighted by Gasteiger charge is 2.09. The molecule has 2 aromatic carbocycles. The first-order valence-corrected chi connectivity index (χ1v) is 8.32. The summed E-state index contributed by atoms with van der Waals surface area (Å²) in [5.41, 5.74) is 1.72. The fourth-order valence-electron chi connectivity index (χ4n) is 1.90. The molecule has 0 saturated carbocycles. The van der Waals surface area contributed by atoms with Gasteiger partial charge in [-0.15, -0.1) is 11.8 Å². The van der Waals surface area contributed by atoms with E-state index in [1.165, 1.54) is 24.3 Å². The van der Waals surface area contributed by atoms with Gasteiger partial charge in [0.1, 0.15) is 11.6 Å². The number of hydrogen-bond acceptors (Lipinski definition) is 4. The van der Waals surface area contributed by atoms with E-state index >= 15 is 0 Å². The summed E-state index contributed by atoms with van der Waals surface area (Å²) in [6, 6.07) is 10.4. The maximum absolute atomic E-state index is 12.8. The van der Waals surface area contributed by atoms with Crippen LogP contribution in [0.5, 0.6) is 5.75 Å². The lowest BCUT2D eigenvalue weighted by Crippen LogP contribution is -2.18. The standard InChI is InChI=1S/C17H17FN2O3S/c1-11-2-7-14(15(21)8-11)20-17(23)10-24-9-16(22)19-13-5-3-12(18)4-6-13/h2-8,21H,9-10H2,1H3,(H,19,22)(H,20,23). The van der Waals surface area contributed by atoms with Crippen molar-refractivity contribution >= 4 is 35.0 Å². The number of nitrogens with one attached hydrogen (secondary N) is 2. The Morgan fingerprint density at radius 2 is 1.67 bits per heavy atom. The molecule has 0 heterocycles. The number of carbonyl (C=O) groups is 2. The van der Waals surface area contributed by atoms with Crippen molar-refractivity contribution in [1.29, 1.82) is 0 Å². The summed E-state index contributed by atoms with van der Waals surface area (Å²) in [6.07, 6.45) is 0. The van der Waals surface area contributed by atoms with Crippen LogP contribution in [0.1, 0.15) is 5.56 Å². The van der Waals surface area contributed by atoms with Crippen LogP contribution >= 0.6 is 11.8 Å². The number of aryl methyl sites for hydroxylation is 1. The van der Waals surface area contributed by atoms with Crippen LogP contribution in [-0.2, 0) is 9.59 Å². The van der Waals surface area contributed by atoms with Gasteiger partial charge < -0.3 is 15.7 Å². The Morgan fingerprint density at radius 1 is 1.04 bits per heavy atom. The summed E-state index contributed by atoms with van der Waals surface area (Å²) < 4.78 is 12.8. The molecule has 0 aliphatic carbocycles. The Bertz CT molecular complexity index is 735. The Hall–Kier alpha value is -2.54. The highest BCUT2D eigenvalue weighted by atomic mass is 32.2. The first-order chi connectivity index (χ1) is 11.4. The van der Waals surface area contributed by atoms with Crippen molar-refractivity contribution in [2.24, 2.45) is 0 Å². The largest absolute Gasteiger partial charge is 0.506 e. The minimum Gasteiger partial charge on any atom is -0.506 e. The molecule has 0 aliphatic rings. The van der Waals surface area contributed by atoms with Crippen LogP contribution in [0, 0.1) is 12.7 Å². The molecule has 2 aromatic rings. The highest BCUT2D eigenvalue weighted by Crippen LogP contribution is 2.24. The van der Waals surface area contributed by atoms with E-state index in [-0.39, 0.29) is 34.9 Å². The number of aromatic hydroxyl groups is 1. The molecule has 0 fully saturated rings. The van der Waals surface area contributed by atoms with E-state index < -0.39 is 0 Å². The van der Waals surface area contributed by atoms with Crippen LogP contribution in [0.3, 0.4) is 0 Å². The van der Waals surface area contributed by atoms with Crippen molar-refractivity contribution in [2.75, 3.05) is 22.1 Å². The van der Waals surface area contributed by atoms with Gasteiger partial charge in [-0.3, -0.25) is 9.59 Å². The molecule has 7 heteroatoms. The number of phenolic OH excluding ortho intramolecular Hbond substituents is 1. The number of halogens is 1. The second-order valence-electron chi connectivity index (χ2n) is 5.12. The van der Waals surface area contributed by atoms with Crippen LogP contribution in [-0.4, -0.2) is 28.4 Å². The maximum atomic E-state index is 12.8. The van der Waals surface area contributed by atoms with E-state index in [1.54, 1.807) is 18.2 Å². The first kappa shape index (κ1) is 17.8. The van der Waals surface area contributed by atoms with Gasteiger partial charge in [0.05, 0.1) is 17.2 Å². The third-order valence-corrected chi connectivity index (χ3v) is 3.95. The minimum atomic E-state index is -0.376. The smallest absolute Gasteiger partial charge is 0.234 e. The molecule has 0 saturated heterocycles. The molecular formula is C17H17FN2O3S. The predicted octanol–water partition coefficient (Wildman–Crippen LogP) is 3.15. The van der Waals surface area contributed by atoms with Gasteiger partial charge in [-0.2, -0.15) is 0 Å². The van der Waals surface area contributed by atoms with E-state index in [0.717, 1.165) is 17.3 Å². The molecule has 0 bridgehead atoms. The Morgan fingerprint density at radius 3 is 2.29 bits per heavy atom. The van der Waals surface area contributed by atoms with E-state index in [0.29, 0.717) is 11.4 Å². The molecule has 0 atom stereocenters. The van der Waals surface area contributed by atoms with Gasteiger partial charge in [-0.25, -0.2) is 4.39 Å². The Kier molecular flexibility index (Phi) is 6.20. The third kappa shape index (κ3) is 5.58. The summed E-state index contributed by atoms with van der Waals surface area (Å²) in [6.45, 7) is 1.83. The van der Waals surface area contributed by atoms with Crippen molar-refractivity contribution in [3.8, 4) is 5.75 Å². The Balaban J connectivity index is 1.73. The van der Waals surface area contributed by atoms with Crippen molar-refractivity contribution in [3.05, 3.63) is 53.8 Å². The lowest BCUT2D eigenvalue weighted by atomic mass is 10.2. The second kappa shape index (κ2) is 8.35. The summed E-state index contributed by atoms with van der Waals surface area (Å²) >= 11 is 1.14. The van der Waals surface area contributed by atoms with Gasteiger partial charge in [0.25, 0.3) is 0 Å². The number of phenols is 1. The molecule has 0 radical (unpaired) electrons. The second-order valence-corrected chi connectivity index (χ2v) is 6.10. The molecule has 24 heavy (non-hydrogen) atoms. The molecule has 2 rings (SSSR count). The number of rotatable bonds is 6. The average Bonchev–Trinajstić information content (AvgIpc) is 2.52. The molecule has 0 aromatic heterocycles. The van der Waals surface area contributed by atoms with E-state index in [2.05, 4.69) is 10.6 Å². The van der Waals surface area contributed by atoms with E-state index in [4.69, 9.17) is 0 Å². The fraction of sp³-hybridized carbons (Fsp3) is 0.176. The zero-order valence-corrected chi connectivity index (χ0v) is 13.8. The van der Waals surface area contributed by atoms with Gasteiger partial charge in [-0.05, 0) is 48.9 Å². The van der Waals surface area contributed by atoms with Gasteiger partial charge in [0, 0.05) is 5.69 Å². The first-order valence-electron chi connectivity index (χ1n) is 7.16. The number of carbonyl (C=O) groups excluding carboxylic acids is 2. The van der Waals surface area contributed by atoms with Gasteiger partial charge in [0.2, 0.25) is 11.8 Å². The Labute approximate surface area is 143 Å². The lowest BCUT2D eigenvalue weighted by molar-refractivity contribution is -0.114. The predicted molar refractivity (Wildman–Crippen MR) is 93.8 cm³/mol. The summed E-state index contributed by atoms with van der Waals surface area (Å²) in [5, 5.41) is 14.9. The van der Waals surface area contributed by atoms with Crippen molar-refractivity contribution in [2.45, 2.75) is 6.92 Å². The van der Waals surface area contributed by atoms with Gasteiger partial charge in [-0.1, -0.05) is 6.07 Å². The monoisotopic (exact) mass is 348 g/mol. The molecule has 0 unspecified atom stereocenters. The van der Waals surface area contributed by atoms with Gasteiger partial charge in [0.15, 0.2) is 0 Å². The zero-order chi connectivity index (χ0) is 17.5. The van der Waals surface area contributed by atoms with Crippen LogP contribution in [0.15, 0.2) is 42.5 Å². The van der Waals surface area contributed by atoms with Gasteiger partial charge >= 0.3 is 0 Å². The lowest BCUT2D eigenvalue weighted by Gasteiger charge is -2.08. The molecule has 126 valence electrons. The van der Waals surface area contributed by atoms with Crippen molar-refractivity contribution in [1.82, 2.24) is 0 Å². The van der Waals surface area contributed by atoms with Crippen molar-refractivity contribution in [3.63, 3.8) is 0 Å². The molecule has 0 spiro atoms. The summed E-state index contributed by atoms with van der Waals surface area (Å²) in [4.78, 5) is 23.5. The minimum absolute atomic E-state index is 0.00222. The van der Waals surface area contributed by atoms with Crippen molar-refractivity contribution < 1.29 is 19.1 Å². The van der Waals surface area contributed by atoms with Crippen LogP contribution in [0.25, 0.3) is 0 Å². The number of benzene rings is 2. The molecule has 5 nitrogen and oxygen atoms in total. The molecule has 3 N–H and O–H groups in total. The SMILES string of the molecule is Cc1ccc(NC(=O)CSCC(=O)Nc2ccc(F)cc2)c(O)c1. The molecule has 0 aliphatic heterocycles. The fourth-order valence-corrected chi connectivity index (χ4v) is 2.52. The summed E-state index contributed by atoms with van der Waals surface area (Å²) in [7, 11) is 0. The van der Waals surface area contributed by atoms with Crippen LogP contribution in [0.4, 0.5) is 15.8 Å². The van der Waals surface area contributed by atoms with E-state index in [1.807, 2.05) is 6.92 Å². The van der Waals surface area contributed by atoms with Crippen LogP contribution in [0.2, 0.25) is 0 Å². The topological polar surface area (TPSA) is 78.4 Å². The van der Waals surface area contributed by atoms with E-state index in [9.17, 15) is 19.1 Å². The number of hydrogen-bond donors (Lipinski definition) is 3. The van der Waals surface area contributed by atoms with Crippen LogP contribution < -0.4 is 10.6 Å².